The van der Waals surface area contributed by atoms with Gasteiger partial charge in [-0.3, -0.25) is 10.1 Å². The van der Waals surface area contributed by atoms with E-state index in [1.165, 1.54) is 11.3 Å². The van der Waals surface area contributed by atoms with E-state index in [1.807, 2.05) is 62.4 Å². The van der Waals surface area contributed by atoms with E-state index in [0.717, 1.165) is 33.2 Å². The molecule has 0 aliphatic rings. The summed E-state index contributed by atoms with van der Waals surface area (Å²) in [6.45, 7) is 10.9. The lowest BCUT2D eigenvalue weighted by Gasteiger charge is -2.22. The van der Waals surface area contributed by atoms with Gasteiger partial charge in [0, 0.05) is 10.4 Å². The first-order valence-electron chi connectivity index (χ1n) is 10.0. The van der Waals surface area contributed by atoms with Crippen molar-refractivity contribution in [2.24, 2.45) is 0 Å². The fourth-order valence-electron chi connectivity index (χ4n) is 3.10. The minimum atomic E-state index is -0.231. The Morgan fingerprint density at radius 3 is 2.43 bits per heavy atom. The molecule has 3 rings (SSSR count). The molecule has 1 heterocycles. The average Bonchev–Trinajstić information content (AvgIpc) is 3.06. The molecule has 3 aromatic rings. The van der Waals surface area contributed by atoms with Gasteiger partial charge in [-0.1, -0.05) is 39.0 Å². The monoisotopic (exact) mass is 424 g/mol. The normalized spacial score (nSPS) is 11.2. The second-order valence-electron chi connectivity index (χ2n) is 7.96. The van der Waals surface area contributed by atoms with Crippen LogP contribution in [0.3, 0.4) is 0 Å². The summed E-state index contributed by atoms with van der Waals surface area (Å²) < 4.78 is 11.3. The highest BCUT2D eigenvalue weighted by molar-refractivity contribution is 7.16. The van der Waals surface area contributed by atoms with Gasteiger partial charge in [-0.2, -0.15) is 0 Å². The third-order valence-electron chi connectivity index (χ3n) is 4.54. The van der Waals surface area contributed by atoms with Crippen LogP contribution in [0.4, 0.5) is 5.13 Å². The lowest BCUT2D eigenvalue weighted by Crippen LogP contribution is -2.21. The Morgan fingerprint density at radius 1 is 1.07 bits per heavy atom. The fourth-order valence-corrected chi connectivity index (χ4v) is 3.96. The Labute approximate surface area is 182 Å². The van der Waals surface area contributed by atoms with Crippen molar-refractivity contribution >= 4 is 22.4 Å². The van der Waals surface area contributed by atoms with Crippen molar-refractivity contribution in [2.45, 2.75) is 40.0 Å². The molecule has 0 fully saturated rings. The molecule has 0 unspecified atom stereocenters. The first kappa shape index (κ1) is 21.8. The molecule has 0 saturated carbocycles. The van der Waals surface area contributed by atoms with Crippen molar-refractivity contribution in [1.82, 2.24) is 4.98 Å². The number of amides is 1. The van der Waals surface area contributed by atoms with Gasteiger partial charge in [0.05, 0.1) is 12.3 Å². The van der Waals surface area contributed by atoms with Gasteiger partial charge >= 0.3 is 0 Å². The first-order valence-corrected chi connectivity index (χ1v) is 10.8. The van der Waals surface area contributed by atoms with Crippen LogP contribution in [0.2, 0.25) is 0 Å². The Bertz CT molecular complexity index is 1000. The van der Waals surface area contributed by atoms with Crippen molar-refractivity contribution in [3.05, 3.63) is 59.0 Å². The maximum absolute atomic E-state index is 12.4. The first-order chi connectivity index (χ1) is 14.3. The van der Waals surface area contributed by atoms with Crippen molar-refractivity contribution in [3.8, 4) is 22.8 Å². The average molecular weight is 425 g/mol. The van der Waals surface area contributed by atoms with E-state index in [-0.39, 0.29) is 17.9 Å². The third-order valence-corrected chi connectivity index (χ3v) is 5.42. The molecule has 0 bridgehead atoms. The summed E-state index contributed by atoms with van der Waals surface area (Å²) in [5.41, 5.74) is 2.85. The van der Waals surface area contributed by atoms with Crippen LogP contribution < -0.4 is 14.8 Å². The van der Waals surface area contributed by atoms with Gasteiger partial charge in [0.1, 0.15) is 11.5 Å². The molecule has 0 aliphatic carbocycles. The Hall–Kier alpha value is -2.86. The van der Waals surface area contributed by atoms with E-state index in [4.69, 9.17) is 9.47 Å². The van der Waals surface area contributed by atoms with Gasteiger partial charge in [0.2, 0.25) is 0 Å². The summed E-state index contributed by atoms with van der Waals surface area (Å²) in [4.78, 5) is 18.1. The third kappa shape index (κ3) is 5.39. The maximum atomic E-state index is 12.4. The van der Waals surface area contributed by atoms with E-state index in [1.54, 1.807) is 0 Å². The summed E-state index contributed by atoms with van der Waals surface area (Å²) in [5.74, 6) is 1.33. The van der Waals surface area contributed by atoms with Crippen molar-refractivity contribution in [3.63, 3.8) is 0 Å². The molecule has 30 heavy (non-hydrogen) atoms. The highest BCUT2D eigenvalue weighted by Gasteiger charge is 2.19. The van der Waals surface area contributed by atoms with Crippen molar-refractivity contribution in [2.75, 3.05) is 18.5 Å². The molecule has 2 aromatic carbocycles. The number of rotatable bonds is 7. The SMILES string of the molecule is CCOc1ccc(-c2nc(NC(=O)COc3ccccc3C(C)(C)C)sc2C)cc1. The van der Waals surface area contributed by atoms with Crippen molar-refractivity contribution in [1.29, 1.82) is 0 Å². The Balaban J connectivity index is 1.65. The summed E-state index contributed by atoms with van der Waals surface area (Å²) >= 11 is 1.45. The number of anilines is 1. The second kappa shape index (κ2) is 9.30. The highest BCUT2D eigenvalue weighted by Crippen LogP contribution is 2.32. The zero-order valence-electron chi connectivity index (χ0n) is 18.1. The minimum Gasteiger partial charge on any atom is -0.494 e. The summed E-state index contributed by atoms with van der Waals surface area (Å²) in [5, 5.41) is 3.42. The summed E-state index contributed by atoms with van der Waals surface area (Å²) in [6.07, 6.45) is 0. The number of ether oxygens (including phenoxy) is 2. The minimum absolute atomic E-state index is 0.0634. The topological polar surface area (TPSA) is 60.5 Å². The highest BCUT2D eigenvalue weighted by atomic mass is 32.1. The number of hydrogen-bond acceptors (Lipinski definition) is 5. The van der Waals surface area contributed by atoms with Crippen LogP contribution in [0.5, 0.6) is 11.5 Å². The zero-order valence-corrected chi connectivity index (χ0v) is 18.9. The molecule has 0 saturated heterocycles. The number of nitrogens with zero attached hydrogens (tertiary/aromatic N) is 1. The van der Waals surface area contributed by atoms with Gasteiger partial charge in [-0.05, 0) is 55.2 Å². The second-order valence-corrected chi connectivity index (χ2v) is 9.17. The van der Waals surface area contributed by atoms with Crippen LogP contribution in [0.25, 0.3) is 11.3 Å². The van der Waals surface area contributed by atoms with Crippen LogP contribution in [0.1, 0.15) is 38.1 Å². The standard InChI is InChI=1S/C24H28N2O3S/c1-6-28-18-13-11-17(12-14-18)22-16(2)30-23(26-22)25-21(27)15-29-20-10-8-7-9-19(20)24(3,4)5/h7-14H,6,15H2,1-5H3,(H,25,26,27). The van der Waals surface area contributed by atoms with Gasteiger partial charge in [0.25, 0.3) is 5.91 Å². The number of carbonyl (C=O) groups is 1. The molecule has 0 radical (unpaired) electrons. The molecule has 0 atom stereocenters. The van der Waals surface area contributed by atoms with Crippen LogP contribution in [-0.2, 0) is 10.2 Å². The van der Waals surface area contributed by atoms with Gasteiger partial charge in [-0.15, -0.1) is 11.3 Å². The molecule has 1 aromatic heterocycles. The quantitative estimate of drug-likeness (QED) is 0.518. The predicted octanol–water partition coefficient (Wildman–Crippen LogP) is 5.83. The molecule has 6 heteroatoms. The molecular formula is C24H28N2O3S. The lowest BCUT2D eigenvalue weighted by molar-refractivity contribution is -0.118. The number of hydrogen-bond donors (Lipinski definition) is 1. The van der Waals surface area contributed by atoms with E-state index in [9.17, 15) is 4.79 Å². The number of benzene rings is 2. The van der Waals surface area contributed by atoms with E-state index in [2.05, 4.69) is 31.1 Å². The molecule has 1 amide bonds. The van der Waals surface area contributed by atoms with Crippen LogP contribution in [-0.4, -0.2) is 24.1 Å². The van der Waals surface area contributed by atoms with E-state index in [0.29, 0.717) is 11.7 Å². The molecule has 1 N–H and O–H groups in total. The Morgan fingerprint density at radius 2 is 1.77 bits per heavy atom. The smallest absolute Gasteiger partial charge is 0.264 e. The van der Waals surface area contributed by atoms with E-state index >= 15 is 0 Å². The van der Waals surface area contributed by atoms with Gasteiger partial charge in [0.15, 0.2) is 11.7 Å². The summed E-state index contributed by atoms with van der Waals surface area (Å²) in [6, 6.07) is 15.6. The number of carbonyl (C=O) groups excluding carboxylic acids is 1. The maximum Gasteiger partial charge on any atom is 0.264 e. The van der Waals surface area contributed by atoms with Gasteiger partial charge in [-0.25, -0.2) is 4.98 Å². The number of para-hydroxylation sites is 1. The Kier molecular flexibility index (Phi) is 6.77. The molecule has 158 valence electrons. The summed E-state index contributed by atoms with van der Waals surface area (Å²) in [7, 11) is 0. The van der Waals surface area contributed by atoms with Crippen molar-refractivity contribution < 1.29 is 14.3 Å². The van der Waals surface area contributed by atoms with E-state index < -0.39 is 0 Å². The van der Waals surface area contributed by atoms with Crippen LogP contribution in [0, 0.1) is 6.92 Å². The lowest BCUT2D eigenvalue weighted by atomic mass is 9.86. The number of nitrogens with one attached hydrogen (secondary N) is 1. The zero-order chi connectivity index (χ0) is 21.7. The van der Waals surface area contributed by atoms with Crippen LogP contribution >= 0.6 is 11.3 Å². The number of aromatic nitrogens is 1. The molecule has 0 aliphatic heterocycles. The van der Waals surface area contributed by atoms with Crippen LogP contribution in [0.15, 0.2) is 48.5 Å². The van der Waals surface area contributed by atoms with Gasteiger partial charge < -0.3 is 9.47 Å². The molecular weight excluding hydrogens is 396 g/mol. The molecule has 5 nitrogen and oxygen atoms in total. The number of thiazole rings is 1. The largest absolute Gasteiger partial charge is 0.494 e. The predicted molar refractivity (Wildman–Crippen MR) is 123 cm³/mol. The number of aryl methyl sites for hydroxylation is 1. The molecule has 0 spiro atoms. The fraction of sp³-hybridized carbons (Fsp3) is 0.333.